The van der Waals surface area contributed by atoms with Crippen molar-refractivity contribution in [2.75, 3.05) is 12.4 Å². The molecule has 0 aliphatic carbocycles. The van der Waals surface area contributed by atoms with Crippen LogP contribution in [0.5, 0.6) is 0 Å². The first-order chi connectivity index (χ1) is 9.29. The SMILES string of the molecule is CO/C(=C\C(=O)c1ccccc1)Nc1ccccc1. The predicted molar refractivity (Wildman–Crippen MR) is 75.9 cm³/mol. The lowest BCUT2D eigenvalue weighted by atomic mass is 10.1. The van der Waals surface area contributed by atoms with E-state index in [4.69, 9.17) is 4.74 Å². The van der Waals surface area contributed by atoms with E-state index in [0.717, 1.165) is 5.69 Å². The summed E-state index contributed by atoms with van der Waals surface area (Å²) in [5.41, 5.74) is 1.50. The average molecular weight is 253 g/mol. The highest BCUT2D eigenvalue weighted by Crippen LogP contribution is 2.10. The highest BCUT2D eigenvalue weighted by molar-refractivity contribution is 6.04. The van der Waals surface area contributed by atoms with E-state index < -0.39 is 0 Å². The molecule has 2 rings (SSSR count). The van der Waals surface area contributed by atoms with Crippen LogP contribution in [0.2, 0.25) is 0 Å². The van der Waals surface area contributed by atoms with Gasteiger partial charge in [0.2, 0.25) is 0 Å². The summed E-state index contributed by atoms with van der Waals surface area (Å²) < 4.78 is 5.18. The van der Waals surface area contributed by atoms with Crippen LogP contribution in [0.1, 0.15) is 10.4 Å². The Balaban J connectivity index is 2.13. The zero-order valence-corrected chi connectivity index (χ0v) is 10.7. The maximum absolute atomic E-state index is 12.0. The summed E-state index contributed by atoms with van der Waals surface area (Å²) in [4.78, 5) is 12.0. The Morgan fingerprint density at radius 1 is 1.00 bits per heavy atom. The van der Waals surface area contributed by atoms with Crippen LogP contribution in [0.25, 0.3) is 0 Å². The molecule has 0 unspecified atom stereocenters. The largest absolute Gasteiger partial charge is 0.482 e. The number of carbonyl (C=O) groups is 1. The van der Waals surface area contributed by atoms with Crippen molar-refractivity contribution in [2.45, 2.75) is 0 Å². The van der Waals surface area contributed by atoms with Crippen LogP contribution in [-0.4, -0.2) is 12.9 Å². The molecule has 0 fully saturated rings. The number of anilines is 1. The molecular weight excluding hydrogens is 238 g/mol. The molecule has 96 valence electrons. The topological polar surface area (TPSA) is 38.3 Å². The average Bonchev–Trinajstić information content (AvgIpc) is 2.48. The van der Waals surface area contributed by atoms with Gasteiger partial charge in [-0.1, -0.05) is 48.5 Å². The van der Waals surface area contributed by atoms with Crippen LogP contribution in [0.4, 0.5) is 5.69 Å². The standard InChI is InChI=1S/C16H15NO2/c1-19-16(17-14-10-6-3-7-11-14)12-15(18)13-8-4-2-5-9-13/h2-12,17H,1H3/b16-12-. The summed E-state index contributed by atoms with van der Waals surface area (Å²) in [6.07, 6.45) is 1.45. The van der Waals surface area contributed by atoms with Crippen molar-refractivity contribution < 1.29 is 9.53 Å². The minimum Gasteiger partial charge on any atom is -0.482 e. The zero-order chi connectivity index (χ0) is 13.5. The smallest absolute Gasteiger partial charge is 0.194 e. The number of rotatable bonds is 5. The molecule has 0 aliphatic heterocycles. The molecule has 0 bridgehead atoms. The summed E-state index contributed by atoms with van der Waals surface area (Å²) >= 11 is 0. The Morgan fingerprint density at radius 2 is 1.58 bits per heavy atom. The quantitative estimate of drug-likeness (QED) is 0.503. The number of carbonyl (C=O) groups excluding carboxylic acids is 1. The fourth-order valence-corrected chi connectivity index (χ4v) is 1.61. The molecule has 1 N–H and O–H groups in total. The van der Waals surface area contributed by atoms with Crippen molar-refractivity contribution in [3.8, 4) is 0 Å². The minimum absolute atomic E-state index is 0.0964. The van der Waals surface area contributed by atoms with E-state index in [1.54, 1.807) is 12.1 Å². The third-order valence-corrected chi connectivity index (χ3v) is 2.58. The monoisotopic (exact) mass is 253 g/mol. The van der Waals surface area contributed by atoms with Crippen molar-refractivity contribution in [1.29, 1.82) is 0 Å². The molecule has 2 aromatic carbocycles. The van der Waals surface area contributed by atoms with Gasteiger partial charge in [0, 0.05) is 17.3 Å². The summed E-state index contributed by atoms with van der Waals surface area (Å²) in [7, 11) is 1.53. The van der Waals surface area contributed by atoms with Gasteiger partial charge in [-0.05, 0) is 12.1 Å². The first-order valence-corrected chi connectivity index (χ1v) is 5.97. The van der Waals surface area contributed by atoms with Gasteiger partial charge in [0.25, 0.3) is 0 Å². The Kier molecular flexibility index (Phi) is 4.34. The normalized spacial score (nSPS) is 10.9. The van der Waals surface area contributed by atoms with Crippen molar-refractivity contribution in [1.82, 2.24) is 0 Å². The second-order valence-electron chi connectivity index (χ2n) is 3.93. The third kappa shape index (κ3) is 3.71. The molecular formula is C16H15NO2. The van der Waals surface area contributed by atoms with Gasteiger partial charge in [-0.25, -0.2) is 0 Å². The second-order valence-corrected chi connectivity index (χ2v) is 3.93. The van der Waals surface area contributed by atoms with E-state index in [0.29, 0.717) is 11.4 Å². The van der Waals surface area contributed by atoms with Gasteiger partial charge in [-0.3, -0.25) is 4.79 Å². The minimum atomic E-state index is -0.0964. The molecule has 0 radical (unpaired) electrons. The van der Waals surface area contributed by atoms with Gasteiger partial charge in [-0.2, -0.15) is 0 Å². The lowest BCUT2D eigenvalue weighted by Crippen LogP contribution is -2.05. The van der Waals surface area contributed by atoms with Crippen molar-refractivity contribution in [3.63, 3.8) is 0 Å². The molecule has 0 heterocycles. The van der Waals surface area contributed by atoms with E-state index in [-0.39, 0.29) is 5.78 Å². The summed E-state index contributed by atoms with van der Waals surface area (Å²) in [6.45, 7) is 0. The van der Waals surface area contributed by atoms with Gasteiger partial charge < -0.3 is 10.1 Å². The molecule has 3 nitrogen and oxygen atoms in total. The predicted octanol–water partition coefficient (Wildman–Crippen LogP) is 3.47. The second kappa shape index (κ2) is 6.40. The number of nitrogens with one attached hydrogen (secondary N) is 1. The molecule has 0 atom stereocenters. The summed E-state index contributed by atoms with van der Waals surface area (Å²) in [6, 6.07) is 18.6. The van der Waals surface area contributed by atoms with Crippen molar-refractivity contribution in [2.24, 2.45) is 0 Å². The molecule has 0 saturated heterocycles. The number of benzene rings is 2. The lowest BCUT2D eigenvalue weighted by Gasteiger charge is -2.09. The van der Waals surface area contributed by atoms with E-state index in [1.807, 2.05) is 48.5 Å². The maximum atomic E-state index is 12.0. The number of ketones is 1. The fraction of sp³-hybridized carbons (Fsp3) is 0.0625. The van der Waals surface area contributed by atoms with Crippen molar-refractivity contribution >= 4 is 11.5 Å². The van der Waals surface area contributed by atoms with Gasteiger partial charge >= 0.3 is 0 Å². The fourth-order valence-electron chi connectivity index (χ4n) is 1.61. The Labute approximate surface area is 112 Å². The number of hydrogen-bond acceptors (Lipinski definition) is 3. The molecule has 2 aromatic rings. The summed E-state index contributed by atoms with van der Waals surface area (Å²) in [5, 5.41) is 3.05. The first-order valence-electron chi connectivity index (χ1n) is 5.97. The molecule has 0 amide bonds. The van der Waals surface area contributed by atoms with Crippen LogP contribution in [0.15, 0.2) is 72.6 Å². The summed E-state index contributed by atoms with van der Waals surface area (Å²) in [5.74, 6) is 0.320. The van der Waals surface area contributed by atoms with Crippen LogP contribution < -0.4 is 5.32 Å². The number of hydrogen-bond donors (Lipinski definition) is 1. The highest BCUT2D eigenvalue weighted by Gasteiger charge is 2.05. The molecule has 0 aromatic heterocycles. The number of allylic oxidation sites excluding steroid dienone is 1. The number of methoxy groups -OCH3 is 1. The van der Waals surface area contributed by atoms with Gasteiger partial charge in [0.1, 0.15) is 0 Å². The van der Waals surface area contributed by atoms with Crippen LogP contribution in [-0.2, 0) is 4.74 Å². The number of para-hydroxylation sites is 1. The van der Waals surface area contributed by atoms with Crippen LogP contribution >= 0.6 is 0 Å². The lowest BCUT2D eigenvalue weighted by molar-refractivity contribution is 0.104. The first kappa shape index (κ1) is 12.9. The highest BCUT2D eigenvalue weighted by atomic mass is 16.5. The van der Waals surface area contributed by atoms with E-state index in [1.165, 1.54) is 13.2 Å². The van der Waals surface area contributed by atoms with E-state index in [2.05, 4.69) is 5.32 Å². The Morgan fingerprint density at radius 3 is 2.16 bits per heavy atom. The van der Waals surface area contributed by atoms with E-state index >= 15 is 0 Å². The molecule has 0 aliphatic rings. The molecule has 0 spiro atoms. The van der Waals surface area contributed by atoms with Gasteiger partial charge in [-0.15, -0.1) is 0 Å². The van der Waals surface area contributed by atoms with Crippen LogP contribution in [0.3, 0.4) is 0 Å². The molecule has 19 heavy (non-hydrogen) atoms. The number of ether oxygens (including phenoxy) is 1. The van der Waals surface area contributed by atoms with Gasteiger partial charge in [0.05, 0.1) is 7.11 Å². The molecule has 0 saturated carbocycles. The van der Waals surface area contributed by atoms with Crippen molar-refractivity contribution in [3.05, 3.63) is 78.2 Å². The van der Waals surface area contributed by atoms with Crippen LogP contribution in [0, 0.1) is 0 Å². The maximum Gasteiger partial charge on any atom is 0.194 e. The Bertz CT molecular complexity index is 562. The molecule has 3 heteroatoms. The third-order valence-electron chi connectivity index (χ3n) is 2.58. The zero-order valence-electron chi connectivity index (χ0n) is 10.7. The van der Waals surface area contributed by atoms with E-state index in [9.17, 15) is 4.79 Å². The van der Waals surface area contributed by atoms with Gasteiger partial charge in [0.15, 0.2) is 11.7 Å². The Hall–Kier alpha value is -2.55.